The number of fused-ring (bicyclic) bond motifs is 4. The van der Waals surface area contributed by atoms with Crippen LogP contribution in [0.3, 0.4) is 0 Å². The third-order valence-electron chi connectivity index (χ3n) is 6.63. The Balaban J connectivity index is 1.65. The van der Waals surface area contributed by atoms with E-state index < -0.39 is 0 Å². The highest BCUT2D eigenvalue weighted by molar-refractivity contribution is 6.08. The van der Waals surface area contributed by atoms with Gasteiger partial charge in [-0.25, -0.2) is 4.52 Å². The highest BCUT2D eigenvalue weighted by atomic mass is 15.2. The molecule has 3 nitrogen and oxygen atoms in total. The van der Waals surface area contributed by atoms with Gasteiger partial charge in [-0.1, -0.05) is 97.1 Å². The Bertz CT molecular complexity index is 1830. The molecular weight excluding hydrogens is 426 g/mol. The van der Waals surface area contributed by atoms with E-state index in [2.05, 4.69) is 113 Å². The molecule has 0 N–H and O–H groups in total. The van der Waals surface area contributed by atoms with Gasteiger partial charge in [0.1, 0.15) is 5.69 Å². The molecule has 0 aliphatic heterocycles. The maximum atomic E-state index is 5.27. The number of aromatic nitrogens is 3. The van der Waals surface area contributed by atoms with E-state index in [1.165, 1.54) is 21.5 Å². The zero-order valence-corrected chi connectivity index (χ0v) is 19.0. The standard InChI is InChI=1S/C32H21N3/c1-2-11-23(12-3-1)30-31(26-18-17-22-10-4-5-13-24(22)20-26)34-35-29(28-16-8-9-19-33-28)21-25-14-6-7-15-27(25)32(30)35/h1-21H. The van der Waals surface area contributed by atoms with Crippen LogP contribution in [0.25, 0.3) is 60.8 Å². The van der Waals surface area contributed by atoms with Crippen molar-refractivity contribution in [3.8, 4) is 33.8 Å². The van der Waals surface area contributed by atoms with E-state index in [9.17, 15) is 0 Å². The first-order chi connectivity index (χ1) is 17.4. The van der Waals surface area contributed by atoms with Gasteiger partial charge in [0.15, 0.2) is 0 Å². The van der Waals surface area contributed by atoms with Crippen LogP contribution in [0, 0.1) is 0 Å². The molecule has 35 heavy (non-hydrogen) atoms. The largest absolute Gasteiger partial charge is 0.255 e. The molecule has 0 saturated heterocycles. The van der Waals surface area contributed by atoms with E-state index in [-0.39, 0.29) is 0 Å². The molecule has 0 unspecified atom stereocenters. The fourth-order valence-electron chi connectivity index (χ4n) is 5.00. The monoisotopic (exact) mass is 447 g/mol. The lowest BCUT2D eigenvalue weighted by Gasteiger charge is -2.10. The fourth-order valence-corrected chi connectivity index (χ4v) is 5.00. The molecule has 0 saturated carbocycles. The topological polar surface area (TPSA) is 30.2 Å². The highest BCUT2D eigenvalue weighted by Gasteiger charge is 2.21. The average molecular weight is 448 g/mol. The molecule has 0 amide bonds. The maximum Gasteiger partial charge on any atom is 0.101 e. The second-order valence-corrected chi connectivity index (χ2v) is 8.74. The molecule has 7 aromatic rings. The van der Waals surface area contributed by atoms with E-state index in [1.807, 2.05) is 24.4 Å². The number of rotatable bonds is 3. The summed E-state index contributed by atoms with van der Waals surface area (Å²) >= 11 is 0. The molecule has 0 aliphatic carbocycles. The lowest BCUT2D eigenvalue weighted by atomic mass is 9.96. The molecule has 4 aromatic carbocycles. The van der Waals surface area contributed by atoms with E-state index in [0.717, 1.165) is 39.3 Å². The average Bonchev–Trinajstić information content (AvgIpc) is 3.34. The lowest BCUT2D eigenvalue weighted by Crippen LogP contribution is -1.97. The Kier molecular flexibility index (Phi) is 4.46. The molecule has 7 rings (SSSR count). The summed E-state index contributed by atoms with van der Waals surface area (Å²) in [5, 5.41) is 10.0. The van der Waals surface area contributed by atoms with E-state index in [1.54, 1.807) is 0 Å². The van der Waals surface area contributed by atoms with Crippen molar-refractivity contribution in [1.82, 2.24) is 14.6 Å². The number of hydrogen-bond donors (Lipinski definition) is 0. The molecule has 0 fully saturated rings. The van der Waals surface area contributed by atoms with Gasteiger partial charge in [-0.2, -0.15) is 5.10 Å². The third-order valence-corrected chi connectivity index (χ3v) is 6.63. The van der Waals surface area contributed by atoms with Gasteiger partial charge in [-0.05, 0) is 46.0 Å². The number of nitrogens with zero attached hydrogens (tertiary/aromatic N) is 3. The molecule has 3 heterocycles. The molecule has 3 aromatic heterocycles. The van der Waals surface area contributed by atoms with Crippen LogP contribution in [-0.2, 0) is 0 Å². The zero-order valence-electron chi connectivity index (χ0n) is 19.0. The predicted octanol–water partition coefficient (Wildman–Crippen LogP) is 8.04. The fraction of sp³-hybridized carbons (Fsp3) is 0. The van der Waals surface area contributed by atoms with Crippen LogP contribution in [0.2, 0.25) is 0 Å². The minimum atomic E-state index is 0.899. The lowest BCUT2D eigenvalue weighted by molar-refractivity contribution is 0.972. The van der Waals surface area contributed by atoms with E-state index >= 15 is 0 Å². The normalized spacial score (nSPS) is 11.4. The predicted molar refractivity (Wildman–Crippen MR) is 144 cm³/mol. The van der Waals surface area contributed by atoms with Crippen molar-refractivity contribution in [2.24, 2.45) is 0 Å². The van der Waals surface area contributed by atoms with Crippen LogP contribution in [-0.4, -0.2) is 14.6 Å². The van der Waals surface area contributed by atoms with Crippen molar-refractivity contribution < 1.29 is 0 Å². The Labute approximate surface area is 202 Å². The molecule has 0 spiro atoms. The van der Waals surface area contributed by atoms with Crippen LogP contribution in [0.15, 0.2) is 128 Å². The SMILES string of the molecule is c1ccc(-c2c(-c3ccc4ccccc4c3)nn3c(-c4ccccn4)cc4ccccc4c23)cc1. The van der Waals surface area contributed by atoms with Crippen molar-refractivity contribution in [3.63, 3.8) is 0 Å². The quantitative estimate of drug-likeness (QED) is 0.274. The zero-order chi connectivity index (χ0) is 23.2. The molecule has 0 radical (unpaired) electrons. The van der Waals surface area contributed by atoms with Gasteiger partial charge in [-0.15, -0.1) is 0 Å². The molecular formula is C32H21N3. The first kappa shape index (κ1) is 19.7. The number of benzene rings is 4. The summed E-state index contributed by atoms with van der Waals surface area (Å²) < 4.78 is 2.08. The number of pyridine rings is 2. The van der Waals surface area contributed by atoms with Crippen LogP contribution >= 0.6 is 0 Å². The van der Waals surface area contributed by atoms with Crippen LogP contribution in [0.5, 0.6) is 0 Å². The molecule has 0 bridgehead atoms. The second-order valence-electron chi connectivity index (χ2n) is 8.74. The van der Waals surface area contributed by atoms with Gasteiger partial charge in [0.2, 0.25) is 0 Å². The summed E-state index contributed by atoms with van der Waals surface area (Å²) in [7, 11) is 0. The first-order valence-electron chi connectivity index (χ1n) is 11.8. The summed E-state index contributed by atoms with van der Waals surface area (Å²) in [5.74, 6) is 0. The summed E-state index contributed by atoms with van der Waals surface area (Å²) in [4.78, 5) is 4.67. The minimum absolute atomic E-state index is 0.899. The van der Waals surface area contributed by atoms with Gasteiger partial charge in [0.25, 0.3) is 0 Å². The van der Waals surface area contributed by atoms with Crippen LogP contribution in [0.1, 0.15) is 0 Å². The molecule has 0 atom stereocenters. The van der Waals surface area contributed by atoms with Gasteiger partial charge < -0.3 is 0 Å². The van der Waals surface area contributed by atoms with Crippen LogP contribution in [0.4, 0.5) is 0 Å². The summed E-state index contributed by atoms with van der Waals surface area (Å²) in [6.45, 7) is 0. The Hall–Kier alpha value is -4.76. The van der Waals surface area contributed by atoms with Gasteiger partial charge in [0, 0.05) is 22.7 Å². The molecule has 3 heteroatoms. The van der Waals surface area contributed by atoms with Crippen molar-refractivity contribution in [1.29, 1.82) is 0 Å². The Morgan fingerprint density at radius 3 is 2.11 bits per heavy atom. The van der Waals surface area contributed by atoms with E-state index in [4.69, 9.17) is 5.10 Å². The van der Waals surface area contributed by atoms with Gasteiger partial charge >= 0.3 is 0 Å². The van der Waals surface area contributed by atoms with Gasteiger partial charge in [-0.3, -0.25) is 4.98 Å². The Morgan fingerprint density at radius 2 is 1.29 bits per heavy atom. The first-order valence-corrected chi connectivity index (χ1v) is 11.8. The van der Waals surface area contributed by atoms with Gasteiger partial charge in [0.05, 0.1) is 16.9 Å². The molecule has 164 valence electrons. The van der Waals surface area contributed by atoms with Crippen molar-refractivity contribution in [2.75, 3.05) is 0 Å². The highest BCUT2D eigenvalue weighted by Crippen LogP contribution is 2.41. The third kappa shape index (κ3) is 3.21. The summed E-state index contributed by atoms with van der Waals surface area (Å²) in [6, 6.07) is 42.4. The van der Waals surface area contributed by atoms with Crippen molar-refractivity contribution >= 4 is 27.1 Å². The van der Waals surface area contributed by atoms with Crippen molar-refractivity contribution in [2.45, 2.75) is 0 Å². The summed E-state index contributed by atoms with van der Waals surface area (Å²) in [6.07, 6.45) is 1.84. The van der Waals surface area contributed by atoms with Crippen molar-refractivity contribution in [3.05, 3.63) is 128 Å². The van der Waals surface area contributed by atoms with E-state index in [0.29, 0.717) is 0 Å². The number of hydrogen-bond acceptors (Lipinski definition) is 2. The smallest absolute Gasteiger partial charge is 0.101 e. The minimum Gasteiger partial charge on any atom is -0.255 e. The second kappa shape index (κ2) is 7.93. The van der Waals surface area contributed by atoms with Crippen LogP contribution < -0.4 is 0 Å². The maximum absolute atomic E-state index is 5.27. The Morgan fingerprint density at radius 1 is 0.543 bits per heavy atom. The summed E-state index contributed by atoms with van der Waals surface area (Å²) in [5.41, 5.74) is 7.32. The molecule has 0 aliphatic rings.